The van der Waals surface area contributed by atoms with Gasteiger partial charge in [-0.1, -0.05) is 18.2 Å². The van der Waals surface area contributed by atoms with E-state index in [1.165, 1.54) is 0 Å². The molecule has 0 spiro atoms. The number of ether oxygens (including phenoxy) is 1. The minimum absolute atomic E-state index is 0.0443. The molecule has 0 saturated carbocycles. The van der Waals surface area contributed by atoms with Gasteiger partial charge in [-0.2, -0.15) is 0 Å². The van der Waals surface area contributed by atoms with Crippen molar-refractivity contribution in [2.75, 3.05) is 12.3 Å². The number of nitrogens with two attached hydrogens (primary N) is 1. The highest BCUT2D eigenvalue weighted by molar-refractivity contribution is 5.95. The van der Waals surface area contributed by atoms with Crippen molar-refractivity contribution in [3.8, 4) is 5.75 Å². The van der Waals surface area contributed by atoms with Crippen molar-refractivity contribution >= 4 is 11.7 Å². The van der Waals surface area contributed by atoms with Crippen LogP contribution in [0.4, 0.5) is 5.82 Å². The largest absolute Gasteiger partial charge is 0.493 e. The number of rotatable bonds is 2. The lowest BCUT2D eigenvalue weighted by Gasteiger charge is -2.26. The molecule has 5 heteroatoms. The Morgan fingerprint density at radius 2 is 2.19 bits per heavy atom. The number of para-hydroxylation sites is 1. The molecule has 3 N–H and O–H groups in total. The average Bonchev–Trinajstić information content (AvgIpc) is 2.46. The van der Waals surface area contributed by atoms with Crippen molar-refractivity contribution in [3.05, 3.63) is 53.2 Å². The maximum absolute atomic E-state index is 12.4. The second-order valence-corrected chi connectivity index (χ2v) is 5.12. The summed E-state index contributed by atoms with van der Waals surface area (Å²) < 4.78 is 5.60. The molecule has 21 heavy (non-hydrogen) atoms. The number of benzene rings is 1. The quantitative estimate of drug-likeness (QED) is 0.886. The smallest absolute Gasteiger partial charge is 0.251 e. The van der Waals surface area contributed by atoms with Crippen LogP contribution in [0, 0.1) is 6.92 Å². The molecule has 0 aliphatic carbocycles. The maximum atomic E-state index is 12.4. The Bertz CT molecular complexity index is 665. The molecule has 0 saturated heterocycles. The molecule has 1 unspecified atom stereocenters. The third-order valence-electron chi connectivity index (χ3n) is 3.50. The minimum atomic E-state index is -0.145. The van der Waals surface area contributed by atoms with Crippen molar-refractivity contribution in [1.29, 1.82) is 0 Å². The number of fused-ring (bicyclic) bond motifs is 1. The molecule has 1 atom stereocenters. The lowest BCUT2D eigenvalue weighted by atomic mass is 10.00. The molecule has 0 fully saturated rings. The molecule has 1 amide bonds. The molecular formula is C16H17N3O2. The van der Waals surface area contributed by atoms with Crippen molar-refractivity contribution in [1.82, 2.24) is 10.3 Å². The first-order chi connectivity index (χ1) is 10.1. The maximum Gasteiger partial charge on any atom is 0.251 e. The molecule has 2 aromatic rings. The van der Waals surface area contributed by atoms with Gasteiger partial charge in [-0.15, -0.1) is 0 Å². The lowest BCUT2D eigenvalue weighted by Crippen LogP contribution is -2.32. The van der Waals surface area contributed by atoms with Gasteiger partial charge in [0.1, 0.15) is 11.6 Å². The highest BCUT2D eigenvalue weighted by Gasteiger charge is 2.23. The molecule has 2 heterocycles. The summed E-state index contributed by atoms with van der Waals surface area (Å²) in [5, 5.41) is 3.04. The Morgan fingerprint density at radius 1 is 1.38 bits per heavy atom. The summed E-state index contributed by atoms with van der Waals surface area (Å²) >= 11 is 0. The number of hydrogen-bond acceptors (Lipinski definition) is 4. The number of aryl methyl sites for hydroxylation is 1. The Labute approximate surface area is 123 Å². The van der Waals surface area contributed by atoms with Gasteiger partial charge in [0.15, 0.2) is 0 Å². The third kappa shape index (κ3) is 2.81. The van der Waals surface area contributed by atoms with E-state index in [-0.39, 0.29) is 11.9 Å². The van der Waals surface area contributed by atoms with Crippen molar-refractivity contribution in [3.63, 3.8) is 0 Å². The highest BCUT2D eigenvalue weighted by atomic mass is 16.5. The van der Waals surface area contributed by atoms with Gasteiger partial charge in [-0.3, -0.25) is 4.79 Å². The number of carbonyl (C=O) groups excluding carboxylic acids is 1. The zero-order valence-corrected chi connectivity index (χ0v) is 11.8. The number of aromatic nitrogens is 1. The summed E-state index contributed by atoms with van der Waals surface area (Å²) in [6, 6.07) is 11.0. The van der Waals surface area contributed by atoms with Crippen LogP contribution in [0.1, 0.15) is 34.1 Å². The Balaban J connectivity index is 1.82. The number of carbonyl (C=O) groups is 1. The summed E-state index contributed by atoms with van der Waals surface area (Å²) in [5.41, 5.74) is 7.97. The second-order valence-electron chi connectivity index (χ2n) is 5.12. The van der Waals surface area contributed by atoms with E-state index in [1.54, 1.807) is 12.1 Å². The predicted molar refractivity (Wildman–Crippen MR) is 80.1 cm³/mol. The van der Waals surface area contributed by atoms with Gasteiger partial charge in [0.2, 0.25) is 0 Å². The molecule has 1 aliphatic rings. The zero-order chi connectivity index (χ0) is 14.8. The summed E-state index contributed by atoms with van der Waals surface area (Å²) in [6.45, 7) is 2.41. The number of nitrogens with one attached hydrogen (secondary N) is 1. The number of pyridine rings is 1. The van der Waals surface area contributed by atoms with Gasteiger partial charge in [-0.05, 0) is 25.1 Å². The van der Waals surface area contributed by atoms with E-state index in [0.717, 1.165) is 23.4 Å². The minimum Gasteiger partial charge on any atom is -0.493 e. The normalized spacial score (nSPS) is 16.7. The Kier molecular flexibility index (Phi) is 3.48. The first-order valence-corrected chi connectivity index (χ1v) is 6.90. The molecule has 0 radical (unpaired) electrons. The molecule has 5 nitrogen and oxygen atoms in total. The summed E-state index contributed by atoms with van der Waals surface area (Å²) in [4.78, 5) is 16.5. The Morgan fingerprint density at radius 3 is 3.00 bits per heavy atom. The van der Waals surface area contributed by atoms with Crippen LogP contribution in [-0.2, 0) is 0 Å². The molecule has 0 bridgehead atoms. The number of nitrogen functional groups attached to an aromatic ring is 1. The zero-order valence-electron chi connectivity index (χ0n) is 11.8. The Hall–Kier alpha value is -2.56. The van der Waals surface area contributed by atoms with Gasteiger partial charge < -0.3 is 15.8 Å². The van der Waals surface area contributed by atoms with Gasteiger partial charge in [-0.25, -0.2) is 4.98 Å². The lowest BCUT2D eigenvalue weighted by molar-refractivity contribution is 0.0924. The molecular weight excluding hydrogens is 266 g/mol. The highest BCUT2D eigenvalue weighted by Crippen LogP contribution is 2.31. The third-order valence-corrected chi connectivity index (χ3v) is 3.50. The van der Waals surface area contributed by atoms with Crippen LogP contribution in [0.15, 0.2) is 36.4 Å². The van der Waals surface area contributed by atoms with E-state index in [9.17, 15) is 4.79 Å². The van der Waals surface area contributed by atoms with E-state index >= 15 is 0 Å². The first-order valence-electron chi connectivity index (χ1n) is 6.90. The fourth-order valence-electron chi connectivity index (χ4n) is 2.56. The monoisotopic (exact) mass is 283 g/mol. The van der Waals surface area contributed by atoms with E-state index in [2.05, 4.69) is 10.3 Å². The molecule has 1 aliphatic heterocycles. The van der Waals surface area contributed by atoms with Gasteiger partial charge in [0, 0.05) is 23.2 Å². The summed E-state index contributed by atoms with van der Waals surface area (Å²) in [7, 11) is 0. The number of anilines is 1. The van der Waals surface area contributed by atoms with E-state index in [4.69, 9.17) is 10.5 Å². The molecule has 1 aromatic heterocycles. The first kappa shape index (κ1) is 13.4. The van der Waals surface area contributed by atoms with Gasteiger partial charge >= 0.3 is 0 Å². The number of amides is 1. The van der Waals surface area contributed by atoms with Crippen LogP contribution < -0.4 is 15.8 Å². The van der Waals surface area contributed by atoms with Crippen LogP contribution in [0.5, 0.6) is 5.75 Å². The van der Waals surface area contributed by atoms with Gasteiger partial charge in [0.05, 0.1) is 12.6 Å². The molecule has 1 aromatic carbocycles. The van der Waals surface area contributed by atoms with E-state index in [1.807, 2.05) is 31.2 Å². The summed E-state index contributed by atoms with van der Waals surface area (Å²) in [6.07, 6.45) is 0.752. The number of nitrogens with zero attached hydrogens (tertiary/aromatic N) is 1. The average molecular weight is 283 g/mol. The van der Waals surface area contributed by atoms with Crippen LogP contribution in [0.25, 0.3) is 0 Å². The van der Waals surface area contributed by atoms with Gasteiger partial charge in [0.25, 0.3) is 5.91 Å². The topological polar surface area (TPSA) is 77.2 Å². The van der Waals surface area contributed by atoms with Crippen molar-refractivity contribution in [2.45, 2.75) is 19.4 Å². The standard InChI is InChI=1S/C16H17N3O2/c1-10-8-11(9-15(17)18-10)16(20)19-13-6-7-21-14-5-3-2-4-12(13)14/h2-5,8-9,13H,6-7H2,1H3,(H2,17,18)(H,19,20). The van der Waals surface area contributed by atoms with Crippen LogP contribution in [0.3, 0.4) is 0 Å². The predicted octanol–water partition coefficient (Wildman–Crippen LogP) is 2.23. The van der Waals surface area contributed by atoms with E-state index in [0.29, 0.717) is 18.0 Å². The fourth-order valence-corrected chi connectivity index (χ4v) is 2.56. The van der Waals surface area contributed by atoms with Crippen molar-refractivity contribution in [2.24, 2.45) is 0 Å². The van der Waals surface area contributed by atoms with Crippen LogP contribution in [0.2, 0.25) is 0 Å². The molecule has 3 rings (SSSR count). The second kappa shape index (κ2) is 5.44. The number of hydrogen-bond donors (Lipinski definition) is 2. The molecule has 108 valence electrons. The van der Waals surface area contributed by atoms with Crippen molar-refractivity contribution < 1.29 is 9.53 Å². The van der Waals surface area contributed by atoms with Crippen LogP contribution in [-0.4, -0.2) is 17.5 Å². The SMILES string of the molecule is Cc1cc(C(=O)NC2CCOc3ccccc32)cc(N)n1. The summed E-state index contributed by atoms with van der Waals surface area (Å²) in [5.74, 6) is 1.04. The van der Waals surface area contributed by atoms with Crippen LogP contribution >= 0.6 is 0 Å². The fraction of sp³-hybridized carbons (Fsp3) is 0.250. The van der Waals surface area contributed by atoms with E-state index < -0.39 is 0 Å².